The molecule has 3 nitrogen and oxygen atoms in total. The maximum atomic E-state index is 11.4. The summed E-state index contributed by atoms with van der Waals surface area (Å²) in [5, 5.41) is 0. The fourth-order valence-electron chi connectivity index (χ4n) is 2.32. The first kappa shape index (κ1) is 15.7. The molecule has 0 fully saturated rings. The average molecular weight is 262 g/mol. The zero-order chi connectivity index (χ0) is 14.6. The summed E-state index contributed by atoms with van der Waals surface area (Å²) in [5.74, 6) is -0.302. The van der Waals surface area contributed by atoms with Gasteiger partial charge in [0.15, 0.2) is 0 Å². The van der Waals surface area contributed by atoms with Crippen molar-refractivity contribution >= 4 is 5.91 Å². The van der Waals surface area contributed by atoms with Gasteiger partial charge in [-0.05, 0) is 36.0 Å². The second-order valence-corrected chi connectivity index (χ2v) is 5.79. The van der Waals surface area contributed by atoms with Crippen molar-refractivity contribution in [3.8, 4) is 0 Å². The van der Waals surface area contributed by atoms with E-state index >= 15 is 0 Å². The zero-order valence-electron chi connectivity index (χ0n) is 12.5. The molecule has 1 unspecified atom stereocenters. The van der Waals surface area contributed by atoms with E-state index in [1.165, 1.54) is 11.1 Å². The predicted octanol–water partition coefficient (Wildman–Crippen LogP) is 2.71. The first-order valence-corrected chi connectivity index (χ1v) is 6.99. The molecule has 3 heteroatoms. The second kappa shape index (κ2) is 6.20. The molecule has 1 atom stereocenters. The van der Waals surface area contributed by atoms with Crippen LogP contribution in [0.5, 0.6) is 0 Å². The number of primary amides is 1. The molecule has 0 saturated carbocycles. The van der Waals surface area contributed by atoms with Crippen molar-refractivity contribution < 1.29 is 4.79 Å². The fourth-order valence-corrected chi connectivity index (χ4v) is 2.32. The van der Waals surface area contributed by atoms with Crippen molar-refractivity contribution in [3.05, 3.63) is 34.9 Å². The lowest BCUT2D eigenvalue weighted by Gasteiger charge is -2.25. The van der Waals surface area contributed by atoms with Crippen LogP contribution in [0, 0.1) is 5.41 Å². The molecule has 1 amide bonds. The first-order valence-electron chi connectivity index (χ1n) is 6.99. The molecule has 0 bridgehead atoms. The van der Waals surface area contributed by atoms with Gasteiger partial charge in [-0.15, -0.1) is 0 Å². The van der Waals surface area contributed by atoms with Gasteiger partial charge in [-0.2, -0.15) is 0 Å². The molecular formula is C16H26N2O. The van der Waals surface area contributed by atoms with Gasteiger partial charge in [0.1, 0.15) is 0 Å². The molecular weight excluding hydrogens is 236 g/mol. The molecule has 0 aliphatic heterocycles. The molecule has 0 saturated heterocycles. The third kappa shape index (κ3) is 3.80. The van der Waals surface area contributed by atoms with Gasteiger partial charge in [0.05, 0.1) is 0 Å². The van der Waals surface area contributed by atoms with Crippen LogP contribution in [-0.2, 0) is 17.6 Å². The molecule has 0 radical (unpaired) electrons. The molecule has 0 aromatic heterocycles. The number of carbonyl (C=O) groups excluding carboxylic acids is 1. The second-order valence-electron chi connectivity index (χ2n) is 5.79. The summed E-state index contributed by atoms with van der Waals surface area (Å²) in [6, 6.07) is 6.23. The molecule has 1 aromatic carbocycles. The van der Waals surface area contributed by atoms with Crippen LogP contribution < -0.4 is 11.5 Å². The third-order valence-corrected chi connectivity index (χ3v) is 3.82. The monoisotopic (exact) mass is 262 g/mol. The van der Waals surface area contributed by atoms with E-state index in [0.29, 0.717) is 6.42 Å². The van der Waals surface area contributed by atoms with Crippen LogP contribution in [0.15, 0.2) is 18.2 Å². The van der Waals surface area contributed by atoms with Gasteiger partial charge in [0, 0.05) is 11.5 Å². The Hall–Kier alpha value is -1.35. The highest BCUT2D eigenvalue weighted by atomic mass is 16.1. The molecule has 0 aliphatic rings. The van der Waals surface area contributed by atoms with Crippen LogP contribution in [0.2, 0.25) is 0 Å². The summed E-state index contributed by atoms with van der Waals surface area (Å²) >= 11 is 0. The molecule has 0 aliphatic carbocycles. The largest absolute Gasteiger partial charge is 0.369 e. The summed E-state index contributed by atoms with van der Waals surface area (Å²) in [5.41, 5.74) is 14.9. The number of amides is 1. The molecule has 1 aromatic rings. The van der Waals surface area contributed by atoms with E-state index in [2.05, 4.69) is 32.0 Å². The Morgan fingerprint density at radius 2 is 1.79 bits per heavy atom. The van der Waals surface area contributed by atoms with Crippen LogP contribution in [0.3, 0.4) is 0 Å². The minimum absolute atomic E-state index is 0.154. The van der Waals surface area contributed by atoms with E-state index in [-0.39, 0.29) is 11.9 Å². The standard InChI is InChI=1S/C16H26N2O/c1-5-11-7-8-13(9-12(11)6-2)14(17)10-16(3,4)15(18)19/h7-9,14H,5-6,10,17H2,1-4H3,(H2,18,19). The Morgan fingerprint density at radius 3 is 2.26 bits per heavy atom. The molecule has 19 heavy (non-hydrogen) atoms. The van der Waals surface area contributed by atoms with Crippen LogP contribution in [0.4, 0.5) is 0 Å². The van der Waals surface area contributed by atoms with E-state index < -0.39 is 5.41 Å². The molecule has 1 rings (SSSR count). The van der Waals surface area contributed by atoms with Gasteiger partial charge >= 0.3 is 0 Å². The molecule has 106 valence electrons. The fraction of sp³-hybridized carbons (Fsp3) is 0.562. The quantitative estimate of drug-likeness (QED) is 0.827. The number of carbonyl (C=O) groups is 1. The maximum absolute atomic E-state index is 11.4. The summed E-state index contributed by atoms with van der Waals surface area (Å²) < 4.78 is 0. The Morgan fingerprint density at radius 1 is 1.21 bits per heavy atom. The van der Waals surface area contributed by atoms with Crippen LogP contribution in [0.25, 0.3) is 0 Å². The number of benzene rings is 1. The number of hydrogen-bond acceptors (Lipinski definition) is 2. The Balaban J connectivity index is 2.94. The summed E-state index contributed by atoms with van der Waals surface area (Å²) in [6.45, 7) is 7.99. The highest BCUT2D eigenvalue weighted by Crippen LogP contribution is 2.29. The van der Waals surface area contributed by atoms with Gasteiger partial charge < -0.3 is 11.5 Å². The van der Waals surface area contributed by atoms with E-state index in [1.807, 2.05) is 13.8 Å². The van der Waals surface area contributed by atoms with Gasteiger partial charge in [-0.25, -0.2) is 0 Å². The topological polar surface area (TPSA) is 69.1 Å². The highest BCUT2D eigenvalue weighted by Gasteiger charge is 2.28. The van der Waals surface area contributed by atoms with E-state index in [4.69, 9.17) is 11.5 Å². The average Bonchev–Trinajstić information content (AvgIpc) is 2.37. The Labute approximate surface area is 116 Å². The van der Waals surface area contributed by atoms with Gasteiger partial charge in [0.25, 0.3) is 0 Å². The number of hydrogen-bond donors (Lipinski definition) is 2. The van der Waals surface area contributed by atoms with Crippen molar-refractivity contribution in [2.24, 2.45) is 16.9 Å². The number of rotatable bonds is 6. The van der Waals surface area contributed by atoms with E-state index in [1.54, 1.807) is 0 Å². The van der Waals surface area contributed by atoms with Gasteiger partial charge in [-0.3, -0.25) is 4.79 Å². The Kier molecular flexibility index (Phi) is 5.12. The smallest absolute Gasteiger partial charge is 0.223 e. The SMILES string of the molecule is CCc1ccc(C(N)CC(C)(C)C(N)=O)cc1CC. The zero-order valence-corrected chi connectivity index (χ0v) is 12.5. The lowest BCUT2D eigenvalue weighted by molar-refractivity contribution is -0.126. The van der Waals surface area contributed by atoms with Crippen molar-refractivity contribution in [3.63, 3.8) is 0 Å². The maximum Gasteiger partial charge on any atom is 0.223 e. The van der Waals surface area contributed by atoms with Gasteiger partial charge in [0.2, 0.25) is 5.91 Å². The van der Waals surface area contributed by atoms with Crippen molar-refractivity contribution in [1.29, 1.82) is 0 Å². The summed E-state index contributed by atoms with van der Waals surface area (Å²) in [6.07, 6.45) is 2.60. The summed E-state index contributed by atoms with van der Waals surface area (Å²) in [7, 11) is 0. The van der Waals surface area contributed by atoms with Crippen molar-refractivity contribution in [2.45, 2.75) is 53.0 Å². The lowest BCUT2D eigenvalue weighted by Crippen LogP contribution is -2.34. The molecule has 4 N–H and O–H groups in total. The minimum atomic E-state index is -0.574. The highest BCUT2D eigenvalue weighted by molar-refractivity contribution is 5.79. The first-order chi connectivity index (χ1) is 8.81. The molecule has 0 spiro atoms. The Bertz CT molecular complexity index is 452. The lowest BCUT2D eigenvalue weighted by atomic mass is 9.82. The summed E-state index contributed by atoms with van der Waals surface area (Å²) in [4.78, 5) is 11.4. The van der Waals surface area contributed by atoms with Crippen molar-refractivity contribution in [1.82, 2.24) is 0 Å². The van der Waals surface area contributed by atoms with E-state index in [9.17, 15) is 4.79 Å². The van der Waals surface area contributed by atoms with Crippen molar-refractivity contribution in [2.75, 3.05) is 0 Å². The van der Waals surface area contributed by atoms with Gasteiger partial charge in [-0.1, -0.05) is 45.9 Å². The normalized spacial score (nSPS) is 13.3. The van der Waals surface area contributed by atoms with Crippen LogP contribution >= 0.6 is 0 Å². The molecule has 0 heterocycles. The van der Waals surface area contributed by atoms with Crippen LogP contribution in [-0.4, -0.2) is 5.91 Å². The number of nitrogens with two attached hydrogens (primary N) is 2. The van der Waals surface area contributed by atoms with E-state index in [0.717, 1.165) is 18.4 Å². The predicted molar refractivity (Wildman–Crippen MR) is 79.7 cm³/mol. The van der Waals surface area contributed by atoms with Crippen LogP contribution in [0.1, 0.15) is 56.8 Å². The minimum Gasteiger partial charge on any atom is -0.369 e. The number of aryl methyl sites for hydroxylation is 2. The third-order valence-electron chi connectivity index (χ3n) is 3.82.